The molecule has 0 saturated heterocycles. The minimum atomic E-state index is -0.485. The van der Waals surface area contributed by atoms with Gasteiger partial charge < -0.3 is 9.84 Å². The van der Waals surface area contributed by atoms with Crippen LogP contribution in [0.15, 0.2) is 29.0 Å². The lowest BCUT2D eigenvalue weighted by molar-refractivity contribution is -0.383. The van der Waals surface area contributed by atoms with Gasteiger partial charge >= 0.3 is 0 Å². The first-order valence-electron chi connectivity index (χ1n) is 5.11. The largest absolute Gasteiger partial charge is 0.378 e. The van der Waals surface area contributed by atoms with Gasteiger partial charge in [-0.25, -0.2) is 0 Å². The molecule has 94 valence electrons. The van der Waals surface area contributed by atoms with E-state index in [1.165, 1.54) is 18.5 Å². The van der Waals surface area contributed by atoms with Crippen LogP contribution in [0.5, 0.6) is 0 Å². The molecule has 1 aromatic heterocycles. The zero-order chi connectivity index (χ0) is 13.0. The Balaban J connectivity index is 2.06. The second-order valence-corrected chi connectivity index (χ2v) is 3.81. The number of nitrogens with zero attached hydrogens (tertiary/aromatic N) is 3. The molecule has 1 aromatic carbocycles. The molecule has 0 aliphatic carbocycles. The minimum Gasteiger partial charge on any atom is -0.378 e. The molecule has 0 radical (unpaired) electrons. The highest BCUT2D eigenvalue weighted by atomic mass is 35.5. The zero-order valence-electron chi connectivity index (χ0n) is 9.17. The molecular formula is C10H9ClN4O3. The fraction of sp³-hybridized carbons (Fsp3) is 0.200. The van der Waals surface area contributed by atoms with Gasteiger partial charge in [-0.15, -0.1) is 0 Å². The van der Waals surface area contributed by atoms with E-state index in [1.807, 2.05) is 0 Å². The third-order valence-electron chi connectivity index (χ3n) is 2.24. The minimum absolute atomic E-state index is 0.0620. The number of aromatic nitrogens is 2. The van der Waals surface area contributed by atoms with Crippen LogP contribution in [0.4, 0.5) is 11.4 Å². The van der Waals surface area contributed by atoms with Crippen LogP contribution in [0.3, 0.4) is 0 Å². The topological polar surface area (TPSA) is 94.1 Å². The van der Waals surface area contributed by atoms with Crippen LogP contribution in [0.1, 0.15) is 5.89 Å². The summed E-state index contributed by atoms with van der Waals surface area (Å²) in [5, 5.41) is 17.5. The first kappa shape index (κ1) is 12.3. The molecular weight excluding hydrogens is 260 g/mol. The highest BCUT2D eigenvalue weighted by molar-refractivity contribution is 6.33. The first-order chi connectivity index (χ1) is 8.68. The first-order valence-corrected chi connectivity index (χ1v) is 5.48. The van der Waals surface area contributed by atoms with Gasteiger partial charge in [-0.3, -0.25) is 10.1 Å². The number of nitro benzene ring substituents is 1. The van der Waals surface area contributed by atoms with Crippen LogP contribution in [-0.4, -0.2) is 21.6 Å². The van der Waals surface area contributed by atoms with Gasteiger partial charge in [0.2, 0.25) is 5.89 Å². The van der Waals surface area contributed by atoms with Crippen LogP contribution in [0.25, 0.3) is 0 Å². The van der Waals surface area contributed by atoms with E-state index in [2.05, 4.69) is 15.5 Å². The summed E-state index contributed by atoms with van der Waals surface area (Å²) in [5.41, 5.74) is 0.233. The molecule has 8 heteroatoms. The quantitative estimate of drug-likeness (QED) is 0.660. The number of hydrogen-bond donors (Lipinski definition) is 1. The SMILES string of the molecule is O=[N+]([O-])c1cccc(Cl)c1NCCc1ncno1. The second kappa shape index (κ2) is 5.46. The summed E-state index contributed by atoms with van der Waals surface area (Å²) < 4.78 is 4.81. The highest BCUT2D eigenvalue weighted by Crippen LogP contribution is 2.31. The van der Waals surface area contributed by atoms with Crippen molar-refractivity contribution in [1.82, 2.24) is 10.1 Å². The fourth-order valence-electron chi connectivity index (χ4n) is 1.44. The van der Waals surface area contributed by atoms with Crippen molar-refractivity contribution in [2.45, 2.75) is 6.42 Å². The lowest BCUT2D eigenvalue weighted by Gasteiger charge is -2.07. The summed E-state index contributed by atoms with van der Waals surface area (Å²) in [6, 6.07) is 4.51. The molecule has 1 heterocycles. The second-order valence-electron chi connectivity index (χ2n) is 3.40. The molecule has 0 spiro atoms. The van der Waals surface area contributed by atoms with Crippen LogP contribution < -0.4 is 5.32 Å². The van der Waals surface area contributed by atoms with Crippen molar-refractivity contribution in [2.75, 3.05) is 11.9 Å². The summed E-state index contributed by atoms with van der Waals surface area (Å²) in [5.74, 6) is 0.456. The highest BCUT2D eigenvalue weighted by Gasteiger charge is 2.16. The third kappa shape index (κ3) is 2.75. The van der Waals surface area contributed by atoms with E-state index in [0.717, 1.165) is 0 Å². The van der Waals surface area contributed by atoms with E-state index in [1.54, 1.807) is 6.07 Å². The number of halogens is 1. The summed E-state index contributed by atoms with van der Waals surface area (Å²) in [7, 11) is 0. The molecule has 2 rings (SSSR count). The van der Waals surface area contributed by atoms with Crippen molar-refractivity contribution in [2.24, 2.45) is 0 Å². The summed E-state index contributed by atoms with van der Waals surface area (Å²) in [4.78, 5) is 14.2. The average molecular weight is 269 g/mol. The Bertz CT molecular complexity index is 544. The van der Waals surface area contributed by atoms with Crippen LogP contribution in [-0.2, 0) is 6.42 Å². The molecule has 0 aliphatic heterocycles. The number of nitrogens with one attached hydrogen (secondary N) is 1. The van der Waals surface area contributed by atoms with Crippen molar-refractivity contribution in [3.63, 3.8) is 0 Å². The van der Waals surface area contributed by atoms with Crippen molar-refractivity contribution >= 4 is 23.0 Å². The molecule has 7 nitrogen and oxygen atoms in total. The number of benzene rings is 1. The maximum Gasteiger partial charge on any atom is 0.293 e. The predicted octanol–water partition coefficient (Wildman–Crippen LogP) is 2.29. The number of hydrogen-bond acceptors (Lipinski definition) is 6. The number of rotatable bonds is 5. The molecule has 0 amide bonds. The van der Waals surface area contributed by atoms with Gasteiger partial charge in [0.25, 0.3) is 5.69 Å². The van der Waals surface area contributed by atoms with Gasteiger partial charge in [-0.1, -0.05) is 22.8 Å². The molecule has 18 heavy (non-hydrogen) atoms. The Morgan fingerprint density at radius 2 is 2.33 bits per heavy atom. The Morgan fingerprint density at radius 3 is 3.00 bits per heavy atom. The molecule has 0 atom stereocenters. The summed E-state index contributed by atoms with van der Waals surface area (Å²) >= 11 is 5.92. The molecule has 0 aliphatic rings. The van der Waals surface area contributed by atoms with Gasteiger partial charge in [0, 0.05) is 19.0 Å². The van der Waals surface area contributed by atoms with Crippen LogP contribution in [0, 0.1) is 10.1 Å². The summed E-state index contributed by atoms with van der Waals surface area (Å²) in [6.07, 6.45) is 1.76. The van der Waals surface area contributed by atoms with Gasteiger partial charge in [0.15, 0.2) is 6.33 Å². The van der Waals surface area contributed by atoms with E-state index in [9.17, 15) is 10.1 Å². The summed E-state index contributed by atoms with van der Waals surface area (Å²) in [6.45, 7) is 0.409. The molecule has 2 aromatic rings. The number of nitro groups is 1. The van der Waals surface area contributed by atoms with Gasteiger partial charge in [-0.05, 0) is 6.07 Å². The monoisotopic (exact) mass is 268 g/mol. The average Bonchev–Trinajstić information content (AvgIpc) is 2.84. The predicted molar refractivity (Wildman–Crippen MR) is 64.6 cm³/mol. The van der Waals surface area contributed by atoms with Gasteiger partial charge in [0.05, 0.1) is 9.95 Å². The lowest BCUT2D eigenvalue weighted by Crippen LogP contribution is -2.07. The molecule has 0 fully saturated rings. The molecule has 0 unspecified atom stereocenters. The van der Waals surface area contributed by atoms with Crippen molar-refractivity contribution in [3.05, 3.63) is 45.6 Å². The van der Waals surface area contributed by atoms with E-state index in [0.29, 0.717) is 29.6 Å². The van der Waals surface area contributed by atoms with Crippen molar-refractivity contribution in [1.29, 1.82) is 0 Å². The van der Waals surface area contributed by atoms with E-state index in [4.69, 9.17) is 16.1 Å². The van der Waals surface area contributed by atoms with E-state index in [-0.39, 0.29) is 5.69 Å². The molecule has 1 N–H and O–H groups in total. The maximum absolute atomic E-state index is 10.8. The van der Waals surface area contributed by atoms with Crippen molar-refractivity contribution in [3.8, 4) is 0 Å². The Morgan fingerprint density at radius 1 is 1.50 bits per heavy atom. The van der Waals surface area contributed by atoms with Crippen LogP contribution in [0.2, 0.25) is 5.02 Å². The Labute approximate surface area is 107 Å². The number of anilines is 1. The molecule has 0 bridgehead atoms. The van der Waals surface area contributed by atoms with E-state index < -0.39 is 4.92 Å². The lowest BCUT2D eigenvalue weighted by atomic mass is 10.2. The van der Waals surface area contributed by atoms with Crippen molar-refractivity contribution < 1.29 is 9.45 Å². The van der Waals surface area contributed by atoms with Crippen LogP contribution >= 0.6 is 11.6 Å². The Hall–Kier alpha value is -2.15. The normalized spacial score (nSPS) is 10.3. The van der Waals surface area contributed by atoms with Gasteiger partial charge in [-0.2, -0.15) is 4.98 Å². The number of para-hydroxylation sites is 1. The standard InChI is InChI=1S/C10H9ClN4O3/c11-7-2-1-3-8(15(16)17)10(7)12-5-4-9-13-6-14-18-9/h1-3,6,12H,4-5H2. The van der Waals surface area contributed by atoms with Gasteiger partial charge in [0.1, 0.15) is 5.69 Å². The third-order valence-corrected chi connectivity index (χ3v) is 2.55. The maximum atomic E-state index is 10.8. The zero-order valence-corrected chi connectivity index (χ0v) is 9.92. The molecule has 0 saturated carbocycles. The smallest absolute Gasteiger partial charge is 0.293 e. The van der Waals surface area contributed by atoms with E-state index >= 15 is 0 Å². The fourth-order valence-corrected chi connectivity index (χ4v) is 1.68. The Kier molecular flexibility index (Phi) is 3.73.